The highest BCUT2D eigenvalue weighted by molar-refractivity contribution is 5.95. The van der Waals surface area contributed by atoms with E-state index in [1.54, 1.807) is 6.92 Å². The maximum absolute atomic E-state index is 11.7. The molecule has 3 heteroatoms. The Bertz CT molecular complexity index is 616. The molecule has 0 aromatic carbocycles. The summed E-state index contributed by atoms with van der Waals surface area (Å²) in [6.45, 7) is 7.63. The number of carbonyl (C=O) groups excluding carboxylic acids is 1. The summed E-state index contributed by atoms with van der Waals surface area (Å²) in [7, 11) is 0. The predicted octanol–water partition coefficient (Wildman–Crippen LogP) is 2.79. The first kappa shape index (κ1) is 10.4. The number of Topliss-reactive ketones (excluding diaryl/α,β-unsaturated/α-hetero) is 1. The summed E-state index contributed by atoms with van der Waals surface area (Å²) in [6, 6.07) is 6.41. The van der Waals surface area contributed by atoms with Crippen LogP contribution in [0, 0.1) is 13.8 Å². The minimum Gasteiger partial charge on any atom is -0.342 e. The molecule has 3 nitrogen and oxygen atoms in total. The second-order valence-electron chi connectivity index (χ2n) is 4.78. The Morgan fingerprint density at radius 1 is 1.12 bits per heavy atom. The maximum atomic E-state index is 11.7. The van der Waals surface area contributed by atoms with Crippen molar-refractivity contribution >= 4 is 5.78 Å². The fraction of sp³-hybridized carbons (Fsp3) is 0.357. The zero-order chi connectivity index (χ0) is 12.2. The second-order valence-corrected chi connectivity index (χ2v) is 4.78. The number of hydrogen-bond acceptors (Lipinski definition) is 1. The van der Waals surface area contributed by atoms with Gasteiger partial charge < -0.3 is 9.13 Å². The predicted molar refractivity (Wildman–Crippen MR) is 67.3 cm³/mol. The Labute approximate surface area is 101 Å². The van der Waals surface area contributed by atoms with Gasteiger partial charge in [-0.25, -0.2) is 0 Å². The number of fused-ring (bicyclic) bond motifs is 3. The Morgan fingerprint density at radius 2 is 1.82 bits per heavy atom. The zero-order valence-corrected chi connectivity index (χ0v) is 10.4. The molecule has 3 rings (SSSR count). The molecule has 1 aliphatic rings. The fourth-order valence-electron chi connectivity index (χ4n) is 2.89. The average molecular weight is 228 g/mol. The number of carbonyl (C=O) groups is 1. The third-order valence-electron chi connectivity index (χ3n) is 3.63. The molecule has 0 spiro atoms. The van der Waals surface area contributed by atoms with E-state index >= 15 is 0 Å². The monoisotopic (exact) mass is 228 g/mol. The van der Waals surface area contributed by atoms with Crippen LogP contribution in [0.15, 0.2) is 18.2 Å². The molecule has 2 aromatic rings. The SMILES string of the molecule is CC(=O)c1c(C)cc2n1CCn1c(C)ccc1-2. The van der Waals surface area contributed by atoms with Crippen molar-refractivity contribution in [2.24, 2.45) is 0 Å². The highest BCUT2D eigenvalue weighted by atomic mass is 16.1. The molecule has 0 N–H and O–H groups in total. The topological polar surface area (TPSA) is 26.9 Å². The van der Waals surface area contributed by atoms with Crippen LogP contribution in [-0.2, 0) is 13.1 Å². The minimum atomic E-state index is 0.158. The van der Waals surface area contributed by atoms with Gasteiger partial charge in [0.2, 0.25) is 0 Å². The van der Waals surface area contributed by atoms with Gasteiger partial charge in [-0.3, -0.25) is 4.79 Å². The van der Waals surface area contributed by atoms with Gasteiger partial charge in [0, 0.05) is 25.7 Å². The molecule has 0 unspecified atom stereocenters. The average Bonchev–Trinajstić information content (AvgIpc) is 2.78. The normalized spacial score (nSPS) is 13.4. The van der Waals surface area contributed by atoms with Crippen LogP contribution in [0.1, 0.15) is 28.7 Å². The van der Waals surface area contributed by atoms with Crippen molar-refractivity contribution in [1.29, 1.82) is 0 Å². The van der Waals surface area contributed by atoms with Crippen molar-refractivity contribution in [3.63, 3.8) is 0 Å². The fourth-order valence-corrected chi connectivity index (χ4v) is 2.89. The highest BCUT2D eigenvalue weighted by Gasteiger charge is 2.22. The summed E-state index contributed by atoms with van der Waals surface area (Å²) >= 11 is 0. The smallest absolute Gasteiger partial charge is 0.176 e. The summed E-state index contributed by atoms with van der Waals surface area (Å²) in [5, 5.41) is 0. The zero-order valence-electron chi connectivity index (χ0n) is 10.4. The van der Waals surface area contributed by atoms with Gasteiger partial charge in [-0.15, -0.1) is 0 Å². The van der Waals surface area contributed by atoms with Crippen LogP contribution >= 0.6 is 0 Å². The van der Waals surface area contributed by atoms with Gasteiger partial charge in [0.25, 0.3) is 0 Å². The number of hydrogen-bond donors (Lipinski definition) is 0. The summed E-state index contributed by atoms with van der Waals surface area (Å²) in [5.41, 5.74) is 5.63. The van der Waals surface area contributed by atoms with Crippen LogP contribution in [0.25, 0.3) is 11.4 Å². The first-order valence-electron chi connectivity index (χ1n) is 5.97. The van der Waals surface area contributed by atoms with E-state index in [-0.39, 0.29) is 5.78 Å². The number of aryl methyl sites for hydroxylation is 2. The van der Waals surface area contributed by atoms with Crippen molar-refractivity contribution in [1.82, 2.24) is 9.13 Å². The Balaban J connectivity index is 2.28. The third kappa shape index (κ3) is 1.32. The van der Waals surface area contributed by atoms with Crippen molar-refractivity contribution in [2.45, 2.75) is 33.9 Å². The molecule has 17 heavy (non-hydrogen) atoms. The standard InChI is InChI=1S/C14H16N2O/c1-9-8-13-12-5-4-10(2)15(12)6-7-16(13)14(9)11(3)17/h4-5,8H,6-7H2,1-3H3. The summed E-state index contributed by atoms with van der Waals surface area (Å²) in [5.74, 6) is 0.158. The van der Waals surface area contributed by atoms with Gasteiger partial charge in [-0.1, -0.05) is 0 Å². The molecular weight excluding hydrogens is 212 g/mol. The van der Waals surface area contributed by atoms with E-state index in [4.69, 9.17) is 0 Å². The van der Waals surface area contributed by atoms with Crippen LogP contribution in [0.3, 0.4) is 0 Å². The van der Waals surface area contributed by atoms with Crippen molar-refractivity contribution in [2.75, 3.05) is 0 Å². The van der Waals surface area contributed by atoms with Crippen molar-refractivity contribution < 1.29 is 4.79 Å². The first-order chi connectivity index (χ1) is 8.09. The van der Waals surface area contributed by atoms with Crippen LogP contribution in [0.4, 0.5) is 0 Å². The van der Waals surface area contributed by atoms with Gasteiger partial charge in [0.15, 0.2) is 5.78 Å². The van der Waals surface area contributed by atoms with Crippen LogP contribution in [0.2, 0.25) is 0 Å². The molecule has 3 heterocycles. The van der Waals surface area contributed by atoms with Gasteiger partial charge in [-0.2, -0.15) is 0 Å². The molecule has 2 aromatic heterocycles. The van der Waals surface area contributed by atoms with Crippen LogP contribution in [-0.4, -0.2) is 14.9 Å². The third-order valence-corrected chi connectivity index (χ3v) is 3.63. The van der Waals surface area contributed by atoms with Gasteiger partial charge in [0.1, 0.15) is 0 Å². The van der Waals surface area contributed by atoms with E-state index in [0.29, 0.717) is 0 Å². The number of rotatable bonds is 1. The Hall–Kier alpha value is -1.77. The highest BCUT2D eigenvalue weighted by Crippen LogP contribution is 2.31. The maximum Gasteiger partial charge on any atom is 0.176 e. The number of ketones is 1. The quantitative estimate of drug-likeness (QED) is 0.689. The van der Waals surface area contributed by atoms with E-state index in [0.717, 1.165) is 24.3 Å². The second kappa shape index (κ2) is 3.36. The first-order valence-corrected chi connectivity index (χ1v) is 5.97. The molecule has 0 aliphatic carbocycles. The summed E-state index contributed by atoms with van der Waals surface area (Å²) in [6.07, 6.45) is 0. The molecule has 0 radical (unpaired) electrons. The molecule has 0 amide bonds. The summed E-state index contributed by atoms with van der Waals surface area (Å²) in [4.78, 5) is 11.7. The molecular formula is C14H16N2O. The molecule has 0 saturated heterocycles. The van der Waals surface area contributed by atoms with E-state index in [9.17, 15) is 4.79 Å². The van der Waals surface area contributed by atoms with Crippen molar-refractivity contribution in [3.05, 3.63) is 35.2 Å². The van der Waals surface area contributed by atoms with E-state index in [2.05, 4.69) is 34.3 Å². The van der Waals surface area contributed by atoms with E-state index in [1.165, 1.54) is 17.1 Å². The lowest BCUT2D eigenvalue weighted by atomic mass is 10.2. The lowest BCUT2D eigenvalue weighted by molar-refractivity contribution is 0.100. The molecule has 0 fully saturated rings. The van der Waals surface area contributed by atoms with E-state index in [1.807, 2.05) is 6.92 Å². The van der Waals surface area contributed by atoms with Crippen LogP contribution in [0.5, 0.6) is 0 Å². The van der Waals surface area contributed by atoms with Gasteiger partial charge in [-0.05, 0) is 37.6 Å². The molecule has 0 bridgehead atoms. The van der Waals surface area contributed by atoms with E-state index < -0.39 is 0 Å². The lowest BCUT2D eigenvalue weighted by Crippen LogP contribution is -2.19. The summed E-state index contributed by atoms with van der Waals surface area (Å²) < 4.78 is 4.48. The van der Waals surface area contributed by atoms with Gasteiger partial charge in [0.05, 0.1) is 17.1 Å². The molecule has 0 atom stereocenters. The largest absolute Gasteiger partial charge is 0.342 e. The Morgan fingerprint density at radius 3 is 2.53 bits per heavy atom. The molecule has 1 aliphatic heterocycles. The molecule has 88 valence electrons. The molecule has 0 saturated carbocycles. The Kier molecular flexibility index (Phi) is 2.05. The lowest BCUT2D eigenvalue weighted by Gasteiger charge is -2.21. The van der Waals surface area contributed by atoms with Gasteiger partial charge >= 0.3 is 0 Å². The number of aromatic nitrogens is 2. The number of nitrogens with zero attached hydrogens (tertiary/aromatic N) is 2. The van der Waals surface area contributed by atoms with Crippen LogP contribution < -0.4 is 0 Å². The van der Waals surface area contributed by atoms with Crippen molar-refractivity contribution in [3.8, 4) is 11.4 Å². The minimum absolute atomic E-state index is 0.158.